The van der Waals surface area contributed by atoms with Crippen LogP contribution < -0.4 is 0 Å². The molecule has 1 fully saturated rings. The van der Waals surface area contributed by atoms with Crippen LogP contribution in [0, 0.1) is 11.8 Å². The zero-order valence-corrected chi connectivity index (χ0v) is 10.5. The Bertz CT molecular complexity index is 216. The van der Waals surface area contributed by atoms with Crippen molar-refractivity contribution in [3.63, 3.8) is 0 Å². The van der Waals surface area contributed by atoms with Gasteiger partial charge >= 0.3 is 0 Å². The first kappa shape index (κ1) is 12.5. The highest BCUT2D eigenvalue weighted by molar-refractivity contribution is 5.76. The average Bonchev–Trinajstić information content (AvgIpc) is 2.50. The van der Waals surface area contributed by atoms with Gasteiger partial charge in [0.2, 0.25) is 5.91 Å². The number of hydrogen-bond acceptors (Lipinski definition) is 2. The summed E-state index contributed by atoms with van der Waals surface area (Å²) in [5.74, 6) is 1.43. The summed E-state index contributed by atoms with van der Waals surface area (Å²) in [5.41, 5.74) is 0. The van der Waals surface area contributed by atoms with Gasteiger partial charge in [0.15, 0.2) is 0 Å². The summed E-state index contributed by atoms with van der Waals surface area (Å²) in [6, 6.07) is 0. The molecule has 3 nitrogen and oxygen atoms in total. The third-order valence-electron chi connectivity index (χ3n) is 3.03. The Morgan fingerprint density at radius 3 is 2.67 bits per heavy atom. The number of hydrogen-bond donors (Lipinski definition) is 0. The molecule has 1 rings (SSSR count). The highest BCUT2D eigenvalue weighted by Crippen LogP contribution is 2.15. The minimum absolute atomic E-state index is 0.291. The normalized spacial score (nSPS) is 22.3. The van der Waals surface area contributed by atoms with Crippen LogP contribution in [-0.4, -0.2) is 49.4 Å². The minimum atomic E-state index is 0.291. The van der Waals surface area contributed by atoms with Gasteiger partial charge in [-0.2, -0.15) is 0 Å². The maximum absolute atomic E-state index is 11.7. The smallest absolute Gasteiger partial charge is 0.222 e. The van der Waals surface area contributed by atoms with E-state index in [1.807, 2.05) is 11.9 Å². The van der Waals surface area contributed by atoms with Crippen molar-refractivity contribution in [2.45, 2.75) is 26.7 Å². The number of rotatable bonds is 4. The molecule has 1 aliphatic rings. The van der Waals surface area contributed by atoms with Crippen molar-refractivity contribution in [2.75, 3.05) is 33.7 Å². The molecule has 88 valence electrons. The summed E-state index contributed by atoms with van der Waals surface area (Å²) < 4.78 is 0. The second-order valence-corrected chi connectivity index (χ2v) is 5.29. The van der Waals surface area contributed by atoms with Crippen LogP contribution in [0.25, 0.3) is 0 Å². The van der Waals surface area contributed by atoms with E-state index in [2.05, 4.69) is 25.8 Å². The van der Waals surface area contributed by atoms with Gasteiger partial charge in [-0.15, -0.1) is 0 Å². The Hall–Kier alpha value is -0.570. The van der Waals surface area contributed by atoms with Crippen molar-refractivity contribution < 1.29 is 4.79 Å². The molecule has 1 amide bonds. The van der Waals surface area contributed by atoms with Crippen molar-refractivity contribution in [2.24, 2.45) is 11.8 Å². The SMILES string of the molecule is CC(C)CC(=O)N(C)CC1CCN(C)C1. The molecule has 1 unspecified atom stereocenters. The van der Waals surface area contributed by atoms with Gasteiger partial charge in [-0.25, -0.2) is 0 Å². The largest absolute Gasteiger partial charge is 0.345 e. The molecule has 0 aromatic heterocycles. The molecule has 0 bridgehead atoms. The topological polar surface area (TPSA) is 23.6 Å². The quantitative estimate of drug-likeness (QED) is 0.704. The van der Waals surface area contributed by atoms with E-state index < -0.39 is 0 Å². The number of carbonyl (C=O) groups excluding carboxylic acids is 1. The predicted octanol–water partition coefficient (Wildman–Crippen LogP) is 1.44. The summed E-state index contributed by atoms with van der Waals surface area (Å²) in [7, 11) is 4.08. The average molecular weight is 212 g/mol. The van der Waals surface area contributed by atoms with Crippen LogP contribution in [0.4, 0.5) is 0 Å². The number of nitrogens with zero attached hydrogens (tertiary/aromatic N) is 2. The standard InChI is InChI=1S/C12H24N2O/c1-10(2)7-12(15)14(4)9-11-5-6-13(3)8-11/h10-11H,5-9H2,1-4H3. The van der Waals surface area contributed by atoms with E-state index in [0.717, 1.165) is 13.1 Å². The highest BCUT2D eigenvalue weighted by Gasteiger charge is 2.22. The lowest BCUT2D eigenvalue weighted by molar-refractivity contribution is -0.131. The summed E-state index contributed by atoms with van der Waals surface area (Å²) in [4.78, 5) is 16.0. The van der Waals surface area contributed by atoms with E-state index >= 15 is 0 Å². The fourth-order valence-electron chi connectivity index (χ4n) is 2.17. The molecule has 0 aliphatic carbocycles. The van der Waals surface area contributed by atoms with Crippen molar-refractivity contribution in [1.29, 1.82) is 0 Å². The van der Waals surface area contributed by atoms with Crippen LogP contribution in [0.15, 0.2) is 0 Å². The first-order valence-electron chi connectivity index (χ1n) is 5.91. The number of amides is 1. The zero-order valence-electron chi connectivity index (χ0n) is 10.5. The first-order valence-corrected chi connectivity index (χ1v) is 5.91. The monoisotopic (exact) mass is 212 g/mol. The van der Waals surface area contributed by atoms with Crippen molar-refractivity contribution in [3.8, 4) is 0 Å². The predicted molar refractivity (Wildman–Crippen MR) is 62.7 cm³/mol. The molecule has 1 atom stereocenters. The van der Waals surface area contributed by atoms with Gasteiger partial charge in [0.25, 0.3) is 0 Å². The lowest BCUT2D eigenvalue weighted by Crippen LogP contribution is -2.33. The molecule has 0 spiro atoms. The van der Waals surface area contributed by atoms with Gasteiger partial charge in [-0.1, -0.05) is 13.8 Å². The molecule has 0 aromatic carbocycles. The lowest BCUT2D eigenvalue weighted by atomic mass is 10.1. The van der Waals surface area contributed by atoms with Gasteiger partial charge in [-0.05, 0) is 31.8 Å². The molecular weight excluding hydrogens is 188 g/mol. The first-order chi connectivity index (χ1) is 6.99. The fraction of sp³-hybridized carbons (Fsp3) is 0.917. The van der Waals surface area contributed by atoms with Crippen LogP contribution in [0.3, 0.4) is 0 Å². The van der Waals surface area contributed by atoms with E-state index in [1.165, 1.54) is 13.0 Å². The summed E-state index contributed by atoms with van der Waals surface area (Å²) in [6.45, 7) is 7.43. The summed E-state index contributed by atoms with van der Waals surface area (Å²) >= 11 is 0. The second kappa shape index (κ2) is 5.50. The molecule has 0 saturated carbocycles. The Morgan fingerprint density at radius 2 is 2.20 bits per heavy atom. The van der Waals surface area contributed by atoms with Crippen LogP contribution in [0.1, 0.15) is 26.7 Å². The highest BCUT2D eigenvalue weighted by atomic mass is 16.2. The Kier molecular flexibility index (Phi) is 4.58. The van der Waals surface area contributed by atoms with Crippen LogP contribution in [0.2, 0.25) is 0 Å². The Balaban J connectivity index is 2.28. The summed E-state index contributed by atoms with van der Waals surface area (Å²) in [5, 5.41) is 0. The third-order valence-corrected chi connectivity index (χ3v) is 3.03. The van der Waals surface area contributed by atoms with E-state index in [9.17, 15) is 4.79 Å². The molecule has 1 heterocycles. The molecule has 0 aromatic rings. The molecule has 15 heavy (non-hydrogen) atoms. The number of likely N-dealkylation sites (tertiary alicyclic amines) is 1. The maximum atomic E-state index is 11.7. The van der Waals surface area contributed by atoms with Crippen LogP contribution in [0.5, 0.6) is 0 Å². The van der Waals surface area contributed by atoms with Crippen molar-refractivity contribution in [3.05, 3.63) is 0 Å². The minimum Gasteiger partial charge on any atom is -0.345 e. The van der Waals surface area contributed by atoms with Gasteiger partial charge in [0.1, 0.15) is 0 Å². The third kappa shape index (κ3) is 4.20. The second-order valence-electron chi connectivity index (χ2n) is 5.29. The molecule has 1 saturated heterocycles. The fourth-order valence-corrected chi connectivity index (χ4v) is 2.17. The van der Waals surface area contributed by atoms with E-state index in [1.54, 1.807) is 0 Å². The molecule has 3 heteroatoms. The molecule has 1 aliphatic heterocycles. The Morgan fingerprint density at radius 1 is 1.53 bits per heavy atom. The van der Waals surface area contributed by atoms with E-state index in [4.69, 9.17) is 0 Å². The molecule has 0 radical (unpaired) electrons. The molecular formula is C12H24N2O. The zero-order chi connectivity index (χ0) is 11.4. The van der Waals surface area contributed by atoms with Crippen molar-refractivity contribution in [1.82, 2.24) is 9.80 Å². The lowest BCUT2D eigenvalue weighted by Gasteiger charge is -2.22. The van der Waals surface area contributed by atoms with Gasteiger partial charge < -0.3 is 9.80 Å². The van der Waals surface area contributed by atoms with Gasteiger partial charge in [-0.3, -0.25) is 4.79 Å². The number of carbonyl (C=O) groups is 1. The summed E-state index contributed by atoms with van der Waals surface area (Å²) in [6.07, 6.45) is 1.91. The van der Waals surface area contributed by atoms with Gasteiger partial charge in [0, 0.05) is 26.6 Å². The maximum Gasteiger partial charge on any atom is 0.222 e. The van der Waals surface area contributed by atoms with E-state index in [0.29, 0.717) is 24.2 Å². The van der Waals surface area contributed by atoms with Gasteiger partial charge in [0.05, 0.1) is 0 Å². The van der Waals surface area contributed by atoms with E-state index in [-0.39, 0.29) is 0 Å². The molecule has 0 N–H and O–H groups in total. The van der Waals surface area contributed by atoms with Crippen molar-refractivity contribution >= 4 is 5.91 Å². The Labute approximate surface area is 93.4 Å². The van der Waals surface area contributed by atoms with Crippen LogP contribution >= 0.6 is 0 Å². The van der Waals surface area contributed by atoms with Crippen LogP contribution in [-0.2, 0) is 4.79 Å².